The van der Waals surface area contributed by atoms with Gasteiger partial charge in [-0.1, -0.05) is 77.6 Å². The maximum Gasteiger partial charge on any atom is 0.265 e. The standard InChI is InChI=1S/C14H31O4P.C4H9NO/c1-2-3-4-5-6-7-8-9-10-11-12-13-14-18-19(15,16)17;1-3-6-4-2-5-1/h2-14H2,1H3,(H2,15,16,17);5H,1-4H2. The molecule has 1 rings (SSSR count). The van der Waals surface area contributed by atoms with E-state index in [1.54, 1.807) is 0 Å². The number of hydrogen-bond acceptors (Lipinski definition) is 4. The largest absolute Gasteiger partial charge is 0.756 e. The molecule has 152 valence electrons. The molecule has 1 fully saturated rings. The normalized spacial score (nSPS) is 16.8. The van der Waals surface area contributed by atoms with Crippen LogP contribution in [-0.4, -0.2) is 37.8 Å². The second kappa shape index (κ2) is 18.8. The average Bonchev–Trinajstić information content (AvgIpc) is 2.60. The maximum absolute atomic E-state index is 10.3. The van der Waals surface area contributed by atoms with E-state index in [9.17, 15) is 9.46 Å². The molecule has 1 aliphatic heterocycles. The zero-order valence-corrected chi connectivity index (χ0v) is 17.0. The van der Waals surface area contributed by atoms with Gasteiger partial charge in [0.05, 0.1) is 32.9 Å². The lowest BCUT2D eigenvalue weighted by atomic mass is 10.1. The summed E-state index contributed by atoms with van der Waals surface area (Å²) in [6, 6.07) is 0. The molecule has 0 saturated carbocycles. The van der Waals surface area contributed by atoms with E-state index in [0.717, 1.165) is 39.1 Å². The van der Waals surface area contributed by atoms with Crippen LogP contribution in [0, 0.1) is 0 Å². The molecule has 7 heteroatoms. The summed E-state index contributed by atoms with van der Waals surface area (Å²) < 4.78 is 19.6. The first kappa shape index (κ1) is 25.0. The number of rotatable bonds is 14. The van der Waals surface area contributed by atoms with Gasteiger partial charge >= 0.3 is 0 Å². The van der Waals surface area contributed by atoms with E-state index in [1.807, 2.05) is 0 Å². The molecule has 0 aromatic rings. The van der Waals surface area contributed by atoms with Crippen LogP contribution in [0.5, 0.6) is 0 Å². The number of phosphoric acid groups is 1. The van der Waals surface area contributed by atoms with Crippen molar-refractivity contribution in [2.24, 2.45) is 0 Å². The highest BCUT2D eigenvalue weighted by atomic mass is 31.2. The van der Waals surface area contributed by atoms with Crippen molar-refractivity contribution in [3.63, 3.8) is 0 Å². The minimum atomic E-state index is -4.50. The van der Waals surface area contributed by atoms with Gasteiger partial charge in [-0.25, -0.2) is 0 Å². The summed E-state index contributed by atoms with van der Waals surface area (Å²) in [7, 11) is -4.50. The zero-order valence-electron chi connectivity index (χ0n) is 16.1. The van der Waals surface area contributed by atoms with E-state index in [-0.39, 0.29) is 6.61 Å². The van der Waals surface area contributed by atoms with Crippen molar-refractivity contribution in [2.45, 2.75) is 84.0 Å². The molecule has 6 nitrogen and oxygen atoms in total. The number of quaternary nitrogens is 1. The summed E-state index contributed by atoms with van der Waals surface area (Å²) in [6.45, 7) is 6.54. The molecule has 1 atom stereocenters. The number of ether oxygens (including phenoxy) is 1. The van der Waals surface area contributed by atoms with E-state index in [4.69, 9.17) is 9.63 Å². The Balaban J connectivity index is 0.000000796. The van der Waals surface area contributed by atoms with Crippen molar-refractivity contribution in [3.8, 4) is 0 Å². The summed E-state index contributed by atoms with van der Waals surface area (Å²) in [4.78, 5) is 18.7. The SMILES string of the molecule is C1COCC[NH2+]1.CCCCCCCCCCCCCCOP(=O)([O-])O. The second-order valence-corrected chi connectivity index (χ2v) is 7.86. The topological polar surface area (TPSA) is 95.4 Å². The molecule has 1 unspecified atom stereocenters. The Morgan fingerprint density at radius 3 is 1.68 bits per heavy atom. The third kappa shape index (κ3) is 24.0. The van der Waals surface area contributed by atoms with E-state index in [1.165, 1.54) is 57.8 Å². The van der Waals surface area contributed by atoms with Crippen LogP contribution in [0.1, 0.15) is 84.0 Å². The molecule has 0 aromatic heterocycles. The highest BCUT2D eigenvalue weighted by Crippen LogP contribution is 2.30. The highest BCUT2D eigenvalue weighted by molar-refractivity contribution is 7.44. The smallest absolute Gasteiger partial charge is 0.265 e. The highest BCUT2D eigenvalue weighted by Gasteiger charge is 2.00. The van der Waals surface area contributed by atoms with Crippen LogP contribution in [0.4, 0.5) is 0 Å². The van der Waals surface area contributed by atoms with Gasteiger partial charge in [-0.15, -0.1) is 0 Å². The summed E-state index contributed by atoms with van der Waals surface area (Å²) in [6.07, 6.45) is 14.7. The Kier molecular flexibility index (Phi) is 18.8. The lowest BCUT2D eigenvalue weighted by Crippen LogP contribution is -2.87. The van der Waals surface area contributed by atoms with E-state index >= 15 is 0 Å². The first-order valence-corrected chi connectivity index (χ1v) is 11.6. The molecule has 3 N–H and O–H groups in total. The Morgan fingerprint density at radius 1 is 0.920 bits per heavy atom. The van der Waals surface area contributed by atoms with Crippen molar-refractivity contribution in [1.29, 1.82) is 0 Å². The van der Waals surface area contributed by atoms with Gasteiger partial charge in [0.15, 0.2) is 0 Å². The number of nitrogens with two attached hydrogens (primary N) is 1. The Bertz CT molecular complexity index is 296. The van der Waals surface area contributed by atoms with Crippen molar-refractivity contribution in [2.75, 3.05) is 32.9 Å². The quantitative estimate of drug-likeness (QED) is 0.356. The minimum absolute atomic E-state index is 0.106. The molecule has 1 aliphatic rings. The van der Waals surface area contributed by atoms with Gasteiger partial charge in [-0.3, -0.25) is 4.57 Å². The van der Waals surface area contributed by atoms with E-state index < -0.39 is 7.82 Å². The van der Waals surface area contributed by atoms with E-state index in [2.05, 4.69) is 16.8 Å². The van der Waals surface area contributed by atoms with Crippen molar-refractivity contribution >= 4 is 7.82 Å². The molecule has 0 amide bonds. The maximum atomic E-state index is 10.3. The molecule has 0 aliphatic carbocycles. The van der Waals surface area contributed by atoms with Crippen molar-refractivity contribution in [3.05, 3.63) is 0 Å². The van der Waals surface area contributed by atoms with E-state index in [0.29, 0.717) is 6.42 Å². The number of unbranched alkanes of at least 4 members (excludes halogenated alkanes) is 11. The molecular weight excluding hydrogens is 341 g/mol. The molecule has 0 aromatic carbocycles. The van der Waals surface area contributed by atoms with Crippen LogP contribution in [0.15, 0.2) is 0 Å². The van der Waals surface area contributed by atoms with Gasteiger partial charge in [0.25, 0.3) is 7.82 Å². The summed E-state index contributed by atoms with van der Waals surface area (Å²) >= 11 is 0. The van der Waals surface area contributed by atoms with Gasteiger partial charge < -0.3 is 24.4 Å². The monoisotopic (exact) mass is 381 g/mol. The van der Waals surface area contributed by atoms with Crippen LogP contribution < -0.4 is 10.2 Å². The average molecular weight is 381 g/mol. The number of hydrogen-bond donors (Lipinski definition) is 2. The number of morpholine rings is 1. The molecule has 25 heavy (non-hydrogen) atoms. The van der Waals surface area contributed by atoms with Gasteiger partial charge in [-0.2, -0.15) is 0 Å². The third-order valence-electron chi connectivity index (χ3n) is 4.18. The minimum Gasteiger partial charge on any atom is -0.756 e. The van der Waals surface area contributed by atoms with Crippen molar-refractivity contribution in [1.82, 2.24) is 0 Å². The van der Waals surface area contributed by atoms with Gasteiger partial charge in [0.1, 0.15) is 0 Å². The zero-order chi connectivity index (χ0) is 18.6. The molecule has 1 heterocycles. The molecule has 0 radical (unpaired) electrons. The lowest BCUT2D eigenvalue weighted by Gasteiger charge is -2.14. The number of phosphoric ester groups is 1. The fraction of sp³-hybridized carbons (Fsp3) is 1.00. The Hall–Kier alpha value is 0.0300. The lowest BCUT2D eigenvalue weighted by molar-refractivity contribution is -0.670. The Morgan fingerprint density at radius 2 is 1.36 bits per heavy atom. The summed E-state index contributed by atoms with van der Waals surface area (Å²) in [5, 5.41) is 2.27. The first-order valence-electron chi connectivity index (χ1n) is 10.1. The van der Waals surface area contributed by atoms with Crippen molar-refractivity contribution < 1.29 is 28.9 Å². The molecule has 0 spiro atoms. The van der Waals surface area contributed by atoms with Gasteiger partial charge in [0, 0.05) is 0 Å². The second-order valence-electron chi connectivity index (χ2n) is 6.67. The van der Waals surface area contributed by atoms with Crippen LogP contribution in [-0.2, 0) is 13.8 Å². The predicted octanol–water partition coefficient (Wildman–Crippen LogP) is 2.74. The fourth-order valence-electron chi connectivity index (χ4n) is 2.70. The van der Waals surface area contributed by atoms with Gasteiger partial charge in [0.2, 0.25) is 0 Å². The third-order valence-corrected chi connectivity index (χ3v) is 4.69. The molecule has 0 bridgehead atoms. The van der Waals surface area contributed by atoms with Crippen LogP contribution >= 0.6 is 7.82 Å². The van der Waals surface area contributed by atoms with Gasteiger partial charge in [-0.05, 0) is 6.42 Å². The fourth-order valence-corrected chi connectivity index (χ4v) is 3.06. The summed E-state index contributed by atoms with van der Waals surface area (Å²) in [5.74, 6) is 0. The van der Waals surface area contributed by atoms with Crippen LogP contribution in [0.3, 0.4) is 0 Å². The molecular formula is C18H40NO5P. The van der Waals surface area contributed by atoms with Crippen LogP contribution in [0.25, 0.3) is 0 Å². The predicted molar refractivity (Wildman–Crippen MR) is 99.3 cm³/mol. The first-order chi connectivity index (χ1) is 12.1. The van der Waals surface area contributed by atoms with Crippen LogP contribution in [0.2, 0.25) is 0 Å². The Labute approximate surface area is 154 Å². The summed E-state index contributed by atoms with van der Waals surface area (Å²) in [5.41, 5.74) is 0. The molecule has 1 saturated heterocycles.